The molecule has 6 heteroatoms. The van der Waals surface area contributed by atoms with Crippen LogP contribution in [0.25, 0.3) is 11.0 Å². The third kappa shape index (κ3) is 6.36. The molecule has 4 aromatic rings. The zero-order chi connectivity index (χ0) is 22.9. The SMILES string of the molecule is O=C(NCCCc1nc2ccccc2n1CCCCOc1ccccc1)c1cccc(Cl)c1. The van der Waals surface area contributed by atoms with Gasteiger partial charge in [0.1, 0.15) is 11.6 Å². The van der Waals surface area contributed by atoms with E-state index in [4.69, 9.17) is 21.3 Å². The van der Waals surface area contributed by atoms with Crippen LogP contribution in [0, 0.1) is 0 Å². The Bertz CT molecular complexity index is 1190. The molecule has 0 aliphatic heterocycles. The van der Waals surface area contributed by atoms with Crippen molar-refractivity contribution >= 4 is 28.5 Å². The molecule has 0 saturated heterocycles. The number of halogens is 1. The lowest BCUT2D eigenvalue weighted by Gasteiger charge is -2.11. The number of carbonyl (C=O) groups excluding carboxylic acids is 1. The first-order valence-electron chi connectivity index (χ1n) is 11.4. The van der Waals surface area contributed by atoms with Crippen LogP contribution in [0.5, 0.6) is 5.75 Å². The highest BCUT2D eigenvalue weighted by molar-refractivity contribution is 6.30. The monoisotopic (exact) mass is 461 g/mol. The molecular weight excluding hydrogens is 434 g/mol. The summed E-state index contributed by atoms with van der Waals surface area (Å²) in [4.78, 5) is 17.2. The van der Waals surface area contributed by atoms with Gasteiger partial charge in [0.2, 0.25) is 0 Å². The van der Waals surface area contributed by atoms with E-state index in [-0.39, 0.29) is 5.91 Å². The molecule has 0 atom stereocenters. The number of hydrogen-bond donors (Lipinski definition) is 1. The Labute approximate surface area is 199 Å². The molecule has 0 spiro atoms. The largest absolute Gasteiger partial charge is 0.494 e. The highest BCUT2D eigenvalue weighted by Crippen LogP contribution is 2.18. The number of hydrogen-bond acceptors (Lipinski definition) is 3. The van der Waals surface area contributed by atoms with Crippen molar-refractivity contribution in [3.05, 3.63) is 95.3 Å². The first kappa shape index (κ1) is 22.9. The summed E-state index contributed by atoms with van der Waals surface area (Å²) in [6.07, 6.45) is 3.58. The van der Waals surface area contributed by atoms with Crippen molar-refractivity contribution in [3.63, 3.8) is 0 Å². The number of para-hydroxylation sites is 3. The van der Waals surface area contributed by atoms with Crippen molar-refractivity contribution in [2.24, 2.45) is 0 Å². The van der Waals surface area contributed by atoms with Crippen molar-refractivity contribution in [1.29, 1.82) is 0 Å². The predicted octanol–water partition coefficient (Wildman–Crippen LogP) is 5.91. The highest BCUT2D eigenvalue weighted by Gasteiger charge is 2.11. The molecule has 1 heterocycles. The molecule has 0 bridgehead atoms. The molecule has 1 aromatic heterocycles. The summed E-state index contributed by atoms with van der Waals surface area (Å²) in [6, 6.07) is 25.1. The summed E-state index contributed by atoms with van der Waals surface area (Å²) in [5, 5.41) is 3.53. The number of aromatic nitrogens is 2. The first-order chi connectivity index (χ1) is 16.2. The summed E-state index contributed by atoms with van der Waals surface area (Å²) < 4.78 is 8.12. The number of carbonyl (C=O) groups is 1. The van der Waals surface area contributed by atoms with Gasteiger partial charge in [-0.3, -0.25) is 4.79 Å². The van der Waals surface area contributed by atoms with E-state index in [1.165, 1.54) is 0 Å². The van der Waals surface area contributed by atoms with Crippen LogP contribution in [0.15, 0.2) is 78.9 Å². The maximum absolute atomic E-state index is 12.3. The van der Waals surface area contributed by atoms with E-state index < -0.39 is 0 Å². The Hall–Kier alpha value is -3.31. The van der Waals surface area contributed by atoms with Crippen LogP contribution < -0.4 is 10.1 Å². The summed E-state index contributed by atoms with van der Waals surface area (Å²) in [6.45, 7) is 2.17. The molecule has 0 aliphatic rings. The van der Waals surface area contributed by atoms with E-state index in [2.05, 4.69) is 22.0 Å². The highest BCUT2D eigenvalue weighted by atomic mass is 35.5. The van der Waals surface area contributed by atoms with Gasteiger partial charge < -0.3 is 14.6 Å². The second-order valence-corrected chi connectivity index (χ2v) is 8.34. The normalized spacial score (nSPS) is 10.9. The van der Waals surface area contributed by atoms with Crippen LogP contribution in [-0.2, 0) is 13.0 Å². The predicted molar refractivity (Wildman–Crippen MR) is 133 cm³/mol. The first-order valence-corrected chi connectivity index (χ1v) is 11.7. The van der Waals surface area contributed by atoms with Gasteiger partial charge in [-0.1, -0.05) is 48.0 Å². The van der Waals surface area contributed by atoms with E-state index in [1.54, 1.807) is 24.3 Å². The Morgan fingerprint density at radius 2 is 1.76 bits per heavy atom. The molecule has 170 valence electrons. The molecule has 0 saturated carbocycles. The van der Waals surface area contributed by atoms with Gasteiger partial charge in [0.25, 0.3) is 5.91 Å². The quantitative estimate of drug-likeness (QED) is 0.282. The number of rotatable bonds is 11. The van der Waals surface area contributed by atoms with Gasteiger partial charge in [0.15, 0.2) is 0 Å². The molecule has 0 fully saturated rings. The number of unbranched alkanes of at least 4 members (excludes halogenated alkanes) is 1. The fraction of sp³-hybridized carbons (Fsp3) is 0.259. The average Bonchev–Trinajstić information content (AvgIpc) is 3.19. The van der Waals surface area contributed by atoms with Gasteiger partial charge >= 0.3 is 0 Å². The molecule has 5 nitrogen and oxygen atoms in total. The van der Waals surface area contributed by atoms with Crippen molar-refractivity contribution in [2.45, 2.75) is 32.2 Å². The van der Waals surface area contributed by atoms with Crippen molar-refractivity contribution in [1.82, 2.24) is 14.9 Å². The maximum atomic E-state index is 12.3. The fourth-order valence-corrected chi connectivity index (χ4v) is 4.01. The minimum Gasteiger partial charge on any atom is -0.494 e. The summed E-state index contributed by atoms with van der Waals surface area (Å²) >= 11 is 5.98. The van der Waals surface area contributed by atoms with Crippen LogP contribution >= 0.6 is 11.6 Å². The third-order valence-corrected chi connectivity index (χ3v) is 5.71. The summed E-state index contributed by atoms with van der Waals surface area (Å²) in [5.74, 6) is 1.85. The molecule has 1 amide bonds. The number of imidazole rings is 1. The molecule has 3 aromatic carbocycles. The zero-order valence-corrected chi connectivity index (χ0v) is 19.3. The Balaban J connectivity index is 1.29. The van der Waals surface area contributed by atoms with Crippen LogP contribution in [0.2, 0.25) is 5.02 Å². The molecule has 0 radical (unpaired) electrons. The smallest absolute Gasteiger partial charge is 0.251 e. The number of fused-ring (bicyclic) bond motifs is 1. The Morgan fingerprint density at radius 1 is 0.939 bits per heavy atom. The van der Waals surface area contributed by atoms with Gasteiger partial charge in [-0.05, 0) is 61.7 Å². The van der Waals surface area contributed by atoms with Crippen LogP contribution in [0.1, 0.15) is 35.4 Å². The van der Waals surface area contributed by atoms with Gasteiger partial charge in [-0.15, -0.1) is 0 Å². The minimum atomic E-state index is -0.107. The number of benzene rings is 3. The standard InChI is InChI=1S/C27H28ClN3O2/c28-22-11-8-10-21(20-22)27(32)29-17-9-16-26-30-24-14-4-5-15-25(24)31(26)18-6-7-19-33-23-12-2-1-3-13-23/h1-5,8,10-15,20H,6-7,9,16-19H2,(H,29,32). The Morgan fingerprint density at radius 3 is 2.61 bits per heavy atom. The number of amides is 1. The van der Waals surface area contributed by atoms with Crippen LogP contribution in [0.3, 0.4) is 0 Å². The molecule has 0 unspecified atom stereocenters. The molecule has 4 rings (SSSR count). The second-order valence-electron chi connectivity index (χ2n) is 7.91. The van der Waals surface area contributed by atoms with E-state index in [9.17, 15) is 4.79 Å². The third-order valence-electron chi connectivity index (χ3n) is 5.47. The topological polar surface area (TPSA) is 56.2 Å². The zero-order valence-electron chi connectivity index (χ0n) is 18.5. The lowest BCUT2D eigenvalue weighted by atomic mass is 10.2. The van der Waals surface area contributed by atoms with Crippen molar-refractivity contribution in [2.75, 3.05) is 13.2 Å². The second kappa shape index (κ2) is 11.5. The Kier molecular flexibility index (Phi) is 7.99. The summed E-state index contributed by atoms with van der Waals surface area (Å²) in [5.41, 5.74) is 2.74. The lowest BCUT2D eigenvalue weighted by Crippen LogP contribution is -2.25. The van der Waals surface area contributed by atoms with Crippen LogP contribution in [-0.4, -0.2) is 28.6 Å². The number of nitrogens with zero attached hydrogens (tertiary/aromatic N) is 2. The lowest BCUT2D eigenvalue weighted by molar-refractivity contribution is 0.0953. The van der Waals surface area contributed by atoms with E-state index in [0.29, 0.717) is 23.7 Å². The van der Waals surface area contributed by atoms with Gasteiger partial charge in [0.05, 0.1) is 17.6 Å². The number of aryl methyl sites for hydroxylation is 2. The molecule has 33 heavy (non-hydrogen) atoms. The van der Waals surface area contributed by atoms with Gasteiger partial charge in [-0.25, -0.2) is 4.98 Å². The summed E-state index contributed by atoms with van der Waals surface area (Å²) in [7, 11) is 0. The van der Waals surface area contributed by atoms with Gasteiger partial charge in [-0.2, -0.15) is 0 Å². The fourth-order valence-electron chi connectivity index (χ4n) is 3.82. The number of nitrogens with one attached hydrogen (secondary N) is 1. The maximum Gasteiger partial charge on any atom is 0.251 e. The van der Waals surface area contributed by atoms with Gasteiger partial charge in [0, 0.05) is 30.1 Å². The molecule has 0 aliphatic carbocycles. The van der Waals surface area contributed by atoms with Crippen LogP contribution in [0.4, 0.5) is 0 Å². The molecular formula is C27H28ClN3O2. The van der Waals surface area contributed by atoms with E-state index >= 15 is 0 Å². The minimum absolute atomic E-state index is 0.107. The van der Waals surface area contributed by atoms with Crippen molar-refractivity contribution in [3.8, 4) is 5.75 Å². The number of ether oxygens (including phenoxy) is 1. The average molecular weight is 462 g/mol. The molecule has 1 N–H and O–H groups in total. The van der Waals surface area contributed by atoms with E-state index in [0.717, 1.165) is 54.8 Å². The van der Waals surface area contributed by atoms with Crippen molar-refractivity contribution < 1.29 is 9.53 Å². The van der Waals surface area contributed by atoms with E-state index in [1.807, 2.05) is 42.5 Å².